The van der Waals surface area contributed by atoms with E-state index in [0.29, 0.717) is 17.1 Å². The summed E-state index contributed by atoms with van der Waals surface area (Å²) in [5, 5.41) is 0.661. The van der Waals surface area contributed by atoms with Gasteiger partial charge in [0.25, 0.3) is 0 Å². The van der Waals surface area contributed by atoms with E-state index in [1.165, 1.54) is 0 Å². The minimum Gasteiger partial charge on any atom is -0.328 e. The quantitative estimate of drug-likeness (QED) is 0.917. The first-order valence-electron chi connectivity index (χ1n) is 8.30. The van der Waals surface area contributed by atoms with Gasteiger partial charge in [0.1, 0.15) is 11.3 Å². The molecule has 1 heterocycles. The molecule has 3 rings (SSSR count). The molecule has 1 aromatic carbocycles. The summed E-state index contributed by atoms with van der Waals surface area (Å²) < 4.78 is 0. The second-order valence-corrected chi connectivity index (χ2v) is 6.46. The number of nitrogens with zero attached hydrogens (tertiary/aromatic N) is 3. The SMILES string of the molecule is CCc1ncnc(N(c2ccccc2)[C@H]2CC[C@@H](N)CC2)c1Cl. The lowest BCUT2D eigenvalue weighted by Crippen LogP contribution is -2.39. The number of rotatable bonds is 4. The Labute approximate surface area is 142 Å². The van der Waals surface area contributed by atoms with Crippen molar-refractivity contribution in [1.82, 2.24) is 9.97 Å². The predicted molar refractivity (Wildman–Crippen MR) is 95.2 cm³/mol. The van der Waals surface area contributed by atoms with Gasteiger partial charge in [-0.1, -0.05) is 36.7 Å². The lowest BCUT2D eigenvalue weighted by molar-refractivity contribution is 0.390. The number of aromatic nitrogens is 2. The average Bonchev–Trinajstić information content (AvgIpc) is 2.59. The third kappa shape index (κ3) is 3.48. The Kier molecular flexibility index (Phi) is 5.13. The molecule has 0 saturated heterocycles. The average molecular weight is 331 g/mol. The fraction of sp³-hybridized carbons (Fsp3) is 0.444. The van der Waals surface area contributed by atoms with Gasteiger partial charge in [0.15, 0.2) is 5.82 Å². The number of benzene rings is 1. The van der Waals surface area contributed by atoms with E-state index in [4.69, 9.17) is 17.3 Å². The Balaban J connectivity index is 2.02. The molecule has 0 amide bonds. The van der Waals surface area contributed by atoms with Gasteiger partial charge < -0.3 is 10.6 Å². The van der Waals surface area contributed by atoms with Crippen LogP contribution < -0.4 is 10.6 Å². The van der Waals surface area contributed by atoms with E-state index in [0.717, 1.165) is 49.3 Å². The molecule has 5 heteroatoms. The lowest BCUT2D eigenvalue weighted by atomic mass is 9.90. The maximum Gasteiger partial charge on any atom is 0.155 e. The molecule has 23 heavy (non-hydrogen) atoms. The summed E-state index contributed by atoms with van der Waals surface area (Å²) in [4.78, 5) is 11.1. The minimum atomic E-state index is 0.316. The Morgan fingerprint density at radius 3 is 2.48 bits per heavy atom. The van der Waals surface area contributed by atoms with Gasteiger partial charge in [0, 0.05) is 17.8 Å². The van der Waals surface area contributed by atoms with Crippen molar-refractivity contribution in [3.8, 4) is 0 Å². The molecule has 4 nitrogen and oxygen atoms in total. The van der Waals surface area contributed by atoms with E-state index >= 15 is 0 Å². The number of halogens is 1. The summed E-state index contributed by atoms with van der Waals surface area (Å²) in [6.07, 6.45) is 6.60. The first kappa shape index (κ1) is 16.2. The van der Waals surface area contributed by atoms with Gasteiger partial charge in [0.2, 0.25) is 0 Å². The zero-order valence-electron chi connectivity index (χ0n) is 13.5. The van der Waals surface area contributed by atoms with Crippen molar-refractivity contribution in [3.63, 3.8) is 0 Å². The molecule has 1 aromatic heterocycles. The standard InChI is InChI=1S/C18H23ClN4/c1-2-16-17(19)18(22-12-21-16)23(14-6-4-3-5-7-14)15-10-8-13(20)9-11-15/h3-7,12-13,15H,2,8-11,20H2,1H3/t13-,15+. The van der Waals surface area contributed by atoms with Crippen LogP contribution >= 0.6 is 11.6 Å². The van der Waals surface area contributed by atoms with Crippen LogP contribution in [0.2, 0.25) is 5.02 Å². The van der Waals surface area contributed by atoms with Gasteiger partial charge in [0.05, 0.1) is 5.69 Å². The lowest BCUT2D eigenvalue weighted by Gasteiger charge is -2.37. The van der Waals surface area contributed by atoms with Crippen molar-refractivity contribution in [2.24, 2.45) is 5.73 Å². The van der Waals surface area contributed by atoms with Crippen LogP contribution in [0.3, 0.4) is 0 Å². The maximum absolute atomic E-state index is 6.61. The van der Waals surface area contributed by atoms with E-state index in [2.05, 4.69) is 33.9 Å². The highest BCUT2D eigenvalue weighted by Crippen LogP contribution is 2.37. The van der Waals surface area contributed by atoms with E-state index in [1.54, 1.807) is 6.33 Å². The fourth-order valence-electron chi connectivity index (χ4n) is 3.26. The largest absolute Gasteiger partial charge is 0.328 e. The number of anilines is 2. The monoisotopic (exact) mass is 330 g/mol. The number of nitrogens with two attached hydrogens (primary N) is 1. The van der Waals surface area contributed by atoms with Crippen LogP contribution in [0, 0.1) is 0 Å². The summed E-state index contributed by atoms with van der Waals surface area (Å²) in [6, 6.07) is 11.0. The molecule has 0 atom stereocenters. The maximum atomic E-state index is 6.61. The summed E-state index contributed by atoms with van der Waals surface area (Å²) in [5.41, 5.74) is 8.09. The molecule has 0 radical (unpaired) electrons. The predicted octanol–water partition coefficient (Wildman–Crippen LogP) is 4.10. The Morgan fingerprint density at radius 2 is 1.83 bits per heavy atom. The second kappa shape index (κ2) is 7.28. The Bertz CT molecular complexity index is 639. The van der Waals surface area contributed by atoms with Crippen molar-refractivity contribution < 1.29 is 0 Å². The molecule has 1 aliphatic carbocycles. The number of hydrogen-bond donors (Lipinski definition) is 1. The van der Waals surface area contributed by atoms with Crippen molar-refractivity contribution in [1.29, 1.82) is 0 Å². The summed E-state index contributed by atoms with van der Waals surface area (Å²) >= 11 is 6.61. The number of hydrogen-bond acceptors (Lipinski definition) is 4. The third-order valence-corrected chi connectivity index (χ3v) is 4.93. The normalized spacial score (nSPS) is 21.2. The van der Waals surface area contributed by atoms with E-state index in [1.807, 2.05) is 18.2 Å². The van der Waals surface area contributed by atoms with E-state index in [9.17, 15) is 0 Å². The fourth-order valence-corrected chi connectivity index (χ4v) is 3.59. The van der Waals surface area contributed by atoms with Crippen LogP contribution in [0.15, 0.2) is 36.7 Å². The van der Waals surface area contributed by atoms with Crippen LogP contribution in [-0.2, 0) is 6.42 Å². The van der Waals surface area contributed by atoms with Gasteiger partial charge >= 0.3 is 0 Å². The molecule has 2 N–H and O–H groups in total. The molecule has 2 aromatic rings. The van der Waals surface area contributed by atoms with Gasteiger partial charge in [-0.05, 0) is 44.2 Å². The van der Waals surface area contributed by atoms with Crippen molar-refractivity contribution >= 4 is 23.1 Å². The van der Waals surface area contributed by atoms with Crippen LogP contribution in [0.4, 0.5) is 11.5 Å². The summed E-state index contributed by atoms with van der Waals surface area (Å²) in [7, 11) is 0. The summed E-state index contributed by atoms with van der Waals surface area (Å²) in [6.45, 7) is 2.06. The summed E-state index contributed by atoms with van der Waals surface area (Å²) in [5.74, 6) is 0.810. The zero-order chi connectivity index (χ0) is 16.2. The van der Waals surface area contributed by atoms with Crippen LogP contribution in [-0.4, -0.2) is 22.1 Å². The molecular weight excluding hydrogens is 308 g/mol. The molecule has 0 bridgehead atoms. The zero-order valence-corrected chi connectivity index (χ0v) is 14.2. The van der Waals surface area contributed by atoms with Crippen molar-refractivity contribution in [2.75, 3.05) is 4.90 Å². The van der Waals surface area contributed by atoms with Crippen molar-refractivity contribution in [3.05, 3.63) is 47.4 Å². The van der Waals surface area contributed by atoms with Gasteiger partial charge in [-0.15, -0.1) is 0 Å². The van der Waals surface area contributed by atoms with Crippen LogP contribution in [0.5, 0.6) is 0 Å². The molecule has 0 aliphatic heterocycles. The molecular formula is C18H23ClN4. The molecule has 0 unspecified atom stereocenters. The topological polar surface area (TPSA) is 55.0 Å². The van der Waals surface area contributed by atoms with Crippen LogP contribution in [0.1, 0.15) is 38.3 Å². The molecule has 1 aliphatic rings. The first-order valence-corrected chi connectivity index (χ1v) is 8.67. The first-order chi connectivity index (χ1) is 11.2. The second-order valence-electron chi connectivity index (χ2n) is 6.09. The number of para-hydroxylation sites is 1. The smallest absolute Gasteiger partial charge is 0.155 e. The molecule has 1 fully saturated rings. The number of aryl methyl sites for hydroxylation is 1. The van der Waals surface area contributed by atoms with E-state index in [-0.39, 0.29) is 0 Å². The highest BCUT2D eigenvalue weighted by molar-refractivity contribution is 6.33. The van der Waals surface area contributed by atoms with Gasteiger partial charge in [-0.2, -0.15) is 0 Å². The van der Waals surface area contributed by atoms with Gasteiger partial charge in [-0.3, -0.25) is 0 Å². The highest BCUT2D eigenvalue weighted by atomic mass is 35.5. The van der Waals surface area contributed by atoms with Gasteiger partial charge in [-0.25, -0.2) is 9.97 Å². The Morgan fingerprint density at radius 1 is 1.13 bits per heavy atom. The Hall–Kier alpha value is -1.65. The minimum absolute atomic E-state index is 0.316. The molecule has 122 valence electrons. The van der Waals surface area contributed by atoms with Crippen molar-refractivity contribution in [2.45, 2.75) is 51.1 Å². The molecule has 1 saturated carbocycles. The molecule has 0 spiro atoms. The van der Waals surface area contributed by atoms with Crippen LogP contribution in [0.25, 0.3) is 0 Å². The van der Waals surface area contributed by atoms with E-state index < -0.39 is 0 Å². The third-order valence-electron chi connectivity index (χ3n) is 4.55. The highest BCUT2D eigenvalue weighted by Gasteiger charge is 2.28.